The number of phenolic OH excluding ortho intramolecular Hbond substituents is 2. The average Bonchev–Trinajstić information content (AvgIpc) is 2.19. The molecular formula is C12H13O2S+. The normalized spacial score (nSPS) is 11.1. The van der Waals surface area contributed by atoms with E-state index in [1.165, 1.54) is 4.90 Å². The van der Waals surface area contributed by atoms with Gasteiger partial charge in [-0.1, -0.05) is 0 Å². The Balaban J connectivity index is 2.82. The summed E-state index contributed by atoms with van der Waals surface area (Å²) in [6, 6.07) is 8.73. The molecule has 2 rings (SSSR count). The van der Waals surface area contributed by atoms with Gasteiger partial charge >= 0.3 is 0 Å². The van der Waals surface area contributed by atoms with Crippen LogP contribution in [0, 0.1) is 0 Å². The molecule has 2 nitrogen and oxygen atoms in total. The number of rotatable bonds is 1. The molecule has 3 heteroatoms. The first-order valence-corrected chi connectivity index (χ1v) is 6.66. The van der Waals surface area contributed by atoms with Crippen molar-refractivity contribution < 1.29 is 10.2 Å². The van der Waals surface area contributed by atoms with Crippen LogP contribution in [0.1, 0.15) is 0 Å². The van der Waals surface area contributed by atoms with E-state index < -0.39 is 0 Å². The van der Waals surface area contributed by atoms with Crippen LogP contribution in [-0.2, 0) is 10.9 Å². The Morgan fingerprint density at radius 1 is 0.933 bits per heavy atom. The monoisotopic (exact) mass is 221 g/mol. The van der Waals surface area contributed by atoms with Crippen LogP contribution in [0.25, 0.3) is 10.8 Å². The van der Waals surface area contributed by atoms with Crippen LogP contribution in [-0.4, -0.2) is 22.7 Å². The van der Waals surface area contributed by atoms with Crippen LogP contribution in [0.5, 0.6) is 11.5 Å². The standard InChI is InChI=1S/C12H12O2S/c1-15(2)12-6-5-11(14)10-7-8(13)3-4-9(10)12/h3-7H,1-2H3,(H-,13,14)/p+1. The van der Waals surface area contributed by atoms with Gasteiger partial charge in [0.25, 0.3) is 0 Å². The molecule has 78 valence electrons. The maximum atomic E-state index is 9.69. The Labute approximate surface area is 91.5 Å². The quantitative estimate of drug-likeness (QED) is 0.726. The van der Waals surface area contributed by atoms with Gasteiger partial charge in [0.15, 0.2) is 4.90 Å². The summed E-state index contributed by atoms with van der Waals surface area (Å²) in [4.78, 5) is 1.21. The van der Waals surface area contributed by atoms with Crippen molar-refractivity contribution in [2.24, 2.45) is 0 Å². The summed E-state index contributed by atoms with van der Waals surface area (Å²) < 4.78 is 0. The molecule has 0 aromatic heterocycles. The van der Waals surface area contributed by atoms with E-state index in [4.69, 9.17) is 0 Å². The van der Waals surface area contributed by atoms with E-state index in [9.17, 15) is 10.2 Å². The average molecular weight is 221 g/mol. The van der Waals surface area contributed by atoms with E-state index >= 15 is 0 Å². The minimum Gasteiger partial charge on any atom is -0.508 e. The fourth-order valence-electron chi connectivity index (χ4n) is 1.65. The van der Waals surface area contributed by atoms with E-state index in [1.807, 2.05) is 12.1 Å². The Hall–Kier alpha value is -1.35. The third-order valence-electron chi connectivity index (χ3n) is 2.38. The van der Waals surface area contributed by atoms with Crippen LogP contribution >= 0.6 is 0 Å². The predicted molar refractivity (Wildman–Crippen MR) is 64.8 cm³/mol. The van der Waals surface area contributed by atoms with Gasteiger partial charge in [-0.15, -0.1) is 0 Å². The second kappa shape index (κ2) is 3.66. The zero-order valence-electron chi connectivity index (χ0n) is 8.69. The lowest BCUT2D eigenvalue weighted by molar-refractivity contribution is 0.471. The molecule has 0 fully saturated rings. The summed E-state index contributed by atoms with van der Waals surface area (Å²) in [5.74, 6) is 0.400. The molecule has 2 aromatic carbocycles. The number of hydrogen-bond acceptors (Lipinski definition) is 2. The molecule has 0 aliphatic carbocycles. The second-order valence-corrected chi connectivity index (χ2v) is 5.70. The van der Waals surface area contributed by atoms with Crippen molar-refractivity contribution >= 4 is 21.7 Å². The van der Waals surface area contributed by atoms with Gasteiger partial charge in [0, 0.05) is 21.7 Å². The molecule has 2 N–H and O–H groups in total. The zero-order valence-corrected chi connectivity index (χ0v) is 9.51. The van der Waals surface area contributed by atoms with Gasteiger partial charge in [0.05, 0.1) is 0 Å². The third kappa shape index (κ3) is 1.75. The molecule has 0 spiro atoms. The summed E-state index contributed by atoms with van der Waals surface area (Å²) >= 11 is 0. The predicted octanol–water partition coefficient (Wildman–Crippen LogP) is 2.49. The minimum atomic E-state index is 0.139. The van der Waals surface area contributed by atoms with Gasteiger partial charge in [-0.25, -0.2) is 0 Å². The summed E-state index contributed by atoms with van der Waals surface area (Å²) in [7, 11) is 0.139. The van der Waals surface area contributed by atoms with Crippen molar-refractivity contribution in [3.63, 3.8) is 0 Å². The largest absolute Gasteiger partial charge is 0.508 e. The number of aromatic hydroxyl groups is 2. The molecule has 0 bridgehead atoms. The first-order chi connectivity index (χ1) is 7.09. The smallest absolute Gasteiger partial charge is 0.162 e. The molecule has 0 heterocycles. The molecule has 0 atom stereocenters. The maximum absolute atomic E-state index is 9.69. The molecule has 0 saturated heterocycles. The lowest BCUT2D eigenvalue weighted by atomic mass is 10.1. The van der Waals surface area contributed by atoms with Crippen LogP contribution in [0.3, 0.4) is 0 Å². The Morgan fingerprint density at radius 3 is 2.33 bits per heavy atom. The highest BCUT2D eigenvalue weighted by atomic mass is 32.2. The van der Waals surface area contributed by atoms with Crippen LogP contribution in [0.15, 0.2) is 35.2 Å². The molecule has 0 aliphatic rings. The Bertz CT molecular complexity index is 506. The van der Waals surface area contributed by atoms with E-state index in [2.05, 4.69) is 12.5 Å². The summed E-state index contributed by atoms with van der Waals surface area (Å²) in [5.41, 5.74) is 0. The van der Waals surface area contributed by atoms with Crippen molar-refractivity contribution in [3.05, 3.63) is 30.3 Å². The molecular weight excluding hydrogens is 208 g/mol. The number of fused-ring (bicyclic) bond motifs is 1. The highest BCUT2D eigenvalue weighted by Crippen LogP contribution is 2.32. The first kappa shape index (κ1) is 10.2. The Kier molecular flexibility index (Phi) is 2.49. The van der Waals surface area contributed by atoms with Gasteiger partial charge in [-0.2, -0.15) is 0 Å². The summed E-state index contributed by atoms with van der Waals surface area (Å²) in [5, 5.41) is 20.8. The van der Waals surface area contributed by atoms with Crippen molar-refractivity contribution in [1.29, 1.82) is 0 Å². The number of benzene rings is 2. The van der Waals surface area contributed by atoms with Crippen molar-refractivity contribution in [1.82, 2.24) is 0 Å². The molecule has 0 unspecified atom stereocenters. The van der Waals surface area contributed by atoms with E-state index in [-0.39, 0.29) is 22.4 Å². The van der Waals surface area contributed by atoms with Crippen molar-refractivity contribution in [2.45, 2.75) is 4.90 Å². The van der Waals surface area contributed by atoms with Crippen LogP contribution in [0.4, 0.5) is 0 Å². The molecule has 15 heavy (non-hydrogen) atoms. The fourth-order valence-corrected chi connectivity index (χ4v) is 2.61. The summed E-state index contributed by atoms with van der Waals surface area (Å²) in [6.07, 6.45) is 4.28. The van der Waals surface area contributed by atoms with Crippen molar-refractivity contribution in [2.75, 3.05) is 12.5 Å². The molecule has 2 aromatic rings. The van der Waals surface area contributed by atoms with Crippen LogP contribution in [0.2, 0.25) is 0 Å². The highest BCUT2D eigenvalue weighted by Gasteiger charge is 2.15. The van der Waals surface area contributed by atoms with Gasteiger partial charge in [-0.3, -0.25) is 0 Å². The number of phenols is 2. The zero-order chi connectivity index (χ0) is 11.0. The van der Waals surface area contributed by atoms with E-state index in [0.29, 0.717) is 5.39 Å². The fraction of sp³-hybridized carbons (Fsp3) is 0.167. The van der Waals surface area contributed by atoms with Crippen molar-refractivity contribution in [3.8, 4) is 11.5 Å². The lowest BCUT2D eigenvalue weighted by Crippen LogP contribution is -1.96. The first-order valence-electron chi connectivity index (χ1n) is 4.62. The molecule has 0 radical (unpaired) electrons. The minimum absolute atomic E-state index is 0.139. The SMILES string of the molecule is C[S+](C)c1ccc(O)c2cc(O)ccc12. The number of hydrogen-bond donors (Lipinski definition) is 2. The Morgan fingerprint density at radius 2 is 1.67 bits per heavy atom. The molecule has 0 amide bonds. The van der Waals surface area contributed by atoms with Gasteiger partial charge < -0.3 is 10.2 Å². The van der Waals surface area contributed by atoms with E-state index in [0.717, 1.165) is 5.39 Å². The van der Waals surface area contributed by atoms with Crippen LogP contribution < -0.4 is 0 Å². The highest BCUT2D eigenvalue weighted by molar-refractivity contribution is 7.95. The van der Waals surface area contributed by atoms with Gasteiger partial charge in [0.2, 0.25) is 0 Å². The topological polar surface area (TPSA) is 40.5 Å². The van der Waals surface area contributed by atoms with Gasteiger partial charge in [0.1, 0.15) is 24.0 Å². The molecule has 0 aliphatic heterocycles. The molecule has 0 saturated carbocycles. The lowest BCUT2D eigenvalue weighted by Gasteiger charge is -2.05. The second-order valence-electron chi connectivity index (χ2n) is 3.63. The van der Waals surface area contributed by atoms with Gasteiger partial charge in [-0.05, 0) is 30.3 Å². The van der Waals surface area contributed by atoms with E-state index in [1.54, 1.807) is 18.2 Å². The summed E-state index contributed by atoms with van der Waals surface area (Å²) in [6.45, 7) is 0. The third-order valence-corrected chi connectivity index (χ3v) is 3.61. The maximum Gasteiger partial charge on any atom is 0.162 e.